The maximum absolute atomic E-state index is 11.3. The van der Waals surface area contributed by atoms with Crippen LogP contribution < -0.4 is 5.32 Å². The van der Waals surface area contributed by atoms with E-state index in [1.807, 2.05) is 6.92 Å². The van der Waals surface area contributed by atoms with Gasteiger partial charge in [-0.25, -0.2) is 4.63 Å². The van der Waals surface area contributed by atoms with Crippen LogP contribution in [0.2, 0.25) is 0 Å². The van der Waals surface area contributed by atoms with Crippen LogP contribution in [0.15, 0.2) is 16.8 Å². The van der Waals surface area contributed by atoms with Gasteiger partial charge in [0, 0.05) is 34.9 Å². The third-order valence-corrected chi connectivity index (χ3v) is 4.04. The molecule has 0 aliphatic heterocycles. The number of hydrogen-bond acceptors (Lipinski definition) is 7. The highest BCUT2D eigenvalue weighted by Crippen LogP contribution is 2.28. The van der Waals surface area contributed by atoms with Gasteiger partial charge in [0.15, 0.2) is 5.52 Å². The Balaban J connectivity index is 2.30. The molecule has 0 aliphatic rings. The summed E-state index contributed by atoms with van der Waals surface area (Å²) in [6.07, 6.45) is 1.62. The van der Waals surface area contributed by atoms with E-state index in [-0.39, 0.29) is 16.5 Å². The minimum absolute atomic E-state index is 0.0508. The fourth-order valence-corrected chi connectivity index (χ4v) is 1.83. The van der Waals surface area contributed by atoms with E-state index in [4.69, 9.17) is 0 Å². The van der Waals surface area contributed by atoms with Crippen molar-refractivity contribution in [1.82, 2.24) is 10.3 Å². The molecule has 1 aromatic carbocycles. The molecule has 0 saturated carbocycles. The van der Waals surface area contributed by atoms with Crippen LogP contribution in [-0.4, -0.2) is 37.5 Å². The van der Waals surface area contributed by atoms with Crippen LogP contribution in [0.5, 0.6) is 0 Å². The van der Waals surface area contributed by atoms with Gasteiger partial charge in [0.25, 0.3) is 0 Å². The third-order valence-electron chi connectivity index (χ3n) is 2.74. The smallest absolute Gasteiger partial charge is 0.300 e. The van der Waals surface area contributed by atoms with Crippen molar-refractivity contribution in [3.05, 3.63) is 22.2 Å². The highest BCUT2D eigenvalue weighted by Gasteiger charge is 2.19. The van der Waals surface area contributed by atoms with Crippen molar-refractivity contribution in [2.75, 3.05) is 18.1 Å². The molecule has 2 rings (SSSR count). The second-order valence-electron chi connectivity index (χ2n) is 4.04. The average Bonchev–Trinajstić information content (AvgIpc) is 2.83. The zero-order valence-corrected chi connectivity index (χ0v) is 11.1. The van der Waals surface area contributed by atoms with Crippen LogP contribution in [0.1, 0.15) is 6.92 Å². The van der Waals surface area contributed by atoms with Crippen molar-refractivity contribution in [2.45, 2.75) is 12.2 Å². The van der Waals surface area contributed by atoms with E-state index in [9.17, 15) is 14.3 Å². The summed E-state index contributed by atoms with van der Waals surface area (Å²) in [4.78, 5) is 10.3. The van der Waals surface area contributed by atoms with Gasteiger partial charge in [-0.05, 0) is 23.3 Å². The molecule has 0 fully saturated rings. The Morgan fingerprint density at radius 3 is 2.79 bits per heavy atom. The molecular formula is C10H12N4O4S. The van der Waals surface area contributed by atoms with Gasteiger partial charge >= 0.3 is 5.69 Å². The van der Waals surface area contributed by atoms with Gasteiger partial charge in [0.1, 0.15) is 0 Å². The van der Waals surface area contributed by atoms with Crippen molar-refractivity contribution in [3.8, 4) is 0 Å². The van der Waals surface area contributed by atoms with Gasteiger partial charge in [-0.3, -0.25) is 14.3 Å². The highest BCUT2D eigenvalue weighted by atomic mass is 32.2. The summed E-state index contributed by atoms with van der Waals surface area (Å²) < 4.78 is 15.8. The maximum Gasteiger partial charge on any atom is 0.300 e. The number of non-ortho nitro benzene ring substituents is 1. The Labute approximate surface area is 110 Å². The van der Waals surface area contributed by atoms with E-state index in [1.165, 1.54) is 12.1 Å². The van der Waals surface area contributed by atoms with Crippen molar-refractivity contribution in [2.24, 2.45) is 0 Å². The Hall–Kier alpha value is -2.03. The Morgan fingerprint density at radius 1 is 1.47 bits per heavy atom. The van der Waals surface area contributed by atoms with E-state index in [2.05, 4.69) is 20.3 Å². The number of anilines is 1. The molecule has 0 amide bonds. The van der Waals surface area contributed by atoms with Crippen LogP contribution in [0.3, 0.4) is 0 Å². The first-order chi connectivity index (χ1) is 9.00. The third kappa shape index (κ3) is 2.70. The van der Waals surface area contributed by atoms with Crippen LogP contribution >= 0.6 is 0 Å². The van der Waals surface area contributed by atoms with Crippen molar-refractivity contribution in [1.29, 1.82) is 0 Å². The molecule has 2 unspecified atom stereocenters. The van der Waals surface area contributed by atoms with Gasteiger partial charge in [-0.1, -0.05) is 0 Å². The number of nitro benzene ring substituents is 1. The topological polar surface area (TPSA) is 111 Å². The number of rotatable bonds is 5. The Bertz CT molecular complexity index is 641. The van der Waals surface area contributed by atoms with Gasteiger partial charge in [0.05, 0.1) is 10.6 Å². The largest absolute Gasteiger partial charge is 0.382 e. The molecule has 1 N–H and O–H groups in total. The van der Waals surface area contributed by atoms with E-state index in [1.54, 1.807) is 6.26 Å². The molecule has 0 spiro atoms. The summed E-state index contributed by atoms with van der Waals surface area (Å²) in [5.74, 6) is 0. The molecule has 1 heterocycles. The minimum Gasteiger partial charge on any atom is -0.382 e. The zero-order valence-electron chi connectivity index (χ0n) is 10.3. The average molecular weight is 284 g/mol. The SMILES string of the molecule is CC(CNc1ccc([N+](=O)[O-])c2nonc12)S(C)=O. The molecule has 0 bridgehead atoms. The molecule has 0 radical (unpaired) electrons. The lowest BCUT2D eigenvalue weighted by Crippen LogP contribution is -2.20. The van der Waals surface area contributed by atoms with Gasteiger partial charge < -0.3 is 5.32 Å². The first-order valence-corrected chi connectivity index (χ1v) is 7.08. The van der Waals surface area contributed by atoms with E-state index >= 15 is 0 Å². The van der Waals surface area contributed by atoms with Crippen molar-refractivity contribution in [3.63, 3.8) is 0 Å². The van der Waals surface area contributed by atoms with E-state index in [0.717, 1.165) is 0 Å². The van der Waals surface area contributed by atoms with Gasteiger partial charge in [-0.15, -0.1) is 0 Å². The molecule has 102 valence electrons. The predicted molar refractivity (Wildman–Crippen MR) is 70.5 cm³/mol. The number of hydrogen-bond donors (Lipinski definition) is 1. The summed E-state index contributed by atoms with van der Waals surface area (Å²) in [5.41, 5.74) is 0.802. The summed E-state index contributed by atoms with van der Waals surface area (Å²) >= 11 is 0. The first kappa shape index (κ1) is 13.4. The molecule has 2 atom stereocenters. The fourth-order valence-electron chi connectivity index (χ4n) is 1.51. The normalized spacial score (nSPS) is 14.2. The van der Waals surface area contributed by atoms with Gasteiger partial charge in [0.2, 0.25) is 5.52 Å². The van der Waals surface area contributed by atoms with Crippen LogP contribution in [0, 0.1) is 10.1 Å². The molecule has 2 aromatic rings. The number of nitro groups is 1. The molecule has 9 heteroatoms. The molecule has 8 nitrogen and oxygen atoms in total. The molecular weight excluding hydrogens is 272 g/mol. The van der Waals surface area contributed by atoms with Crippen LogP contribution in [-0.2, 0) is 10.8 Å². The first-order valence-electron chi connectivity index (χ1n) is 5.46. The maximum atomic E-state index is 11.3. The second-order valence-corrected chi connectivity index (χ2v) is 5.84. The molecule has 0 saturated heterocycles. The summed E-state index contributed by atoms with van der Waals surface area (Å²) in [6.45, 7) is 2.30. The standard InChI is InChI=1S/C10H12N4O4S/c1-6(19(2)17)5-11-7-3-4-8(14(15)16)10-9(7)12-18-13-10/h3-4,6,11H,5H2,1-2H3. The number of fused-ring (bicyclic) bond motifs is 1. The second kappa shape index (κ2) is 5.31. The summed E-state index contributed by atoms with van der Waals surface area (Å²) in [5, 5.41) is 21.0. The lowest BCUT2D eigenvalue weighted by atomic mass is 10.2. The van der Waals surface area contributed by atoms with E-state index in [0.29, 0.717) is 17.7 Å². The lowest BCUT2D eigenvalue weighted by Gasteiger charge is -2.10. The quantitative estimate of drug-likeness (QED) is 0.650. The van der Waals surface area contributed by atoms with Crippen LogP contribution in [0.4, 0.5) is 11.4 Å². The zero-order chi connectivity index (χ0) is 14.0. The van der Waals surface area contributed by atoms with Crippen molar-refractivity contribution >= 4 is 33.2 Å². The highest BCUT2D eigenvalue weighted by molar-refractivity contribution is 7.84. The van der Waals surface area contributed by atoms with Crippen LogP contribution in [0.25, 0.3) is 11.0 Å². The molecule has 19 heavy (non-hydrogen) atoms. The fraction of sp³-hybridized carbons (Fsp3) is 0.400. The number of nitrogens with one attached hydrogen (secondary N) is 1. The monoisotopic (exact) mass is 284 g/mol. The van der Waals surface area contributed by atoms with Gasteiger partial charge in [-0.2, -0.15) is 0 Å². The number of nitrogens with zero attached hydrogens (tertiary/aromatic N) is 3. The predicted octanol–water partition coefficient (Wildman–Crippen LogP) is 1.31. The molecule has 0 aliphatic carbocycles. The molecule has 1 aromatic heterocycles. The summed E-state index contributed by atoms with van der Waals surface area (Å²) in [7, 11) is -0.950. The number of benzene rings is 1. The lowest BCUT2D eigenvalue weighted by molar-refractivity contribution is -0.383. The Morgan fingerprint density at radius 2 is 2.16 bits per heavy atom. The summed E-state index contributed by atoms with van der Waals surface area (Å²) in [6, 6.07) is 2.87. The van der Waals surface area contributed by atoms with E-state index < -0.39 is 15.7 Å². The number of aromatic nitrogens is 2. The Kier molecular flexibility index (Phi) is 3.74. The van der Waals surface area contributed by atoms with Crippen molar-refractivity contribution < 1.29 is 13.8 Å². The minimum atomic E-state index is -0.950.